The van der Waals surface area contributed by atoms with E-state index < -0.39 is 0 Å². The van der Waals surface area contributed by atoms with Gasteiger partial charge in [0.15, 0.2) is 0 Å². The normalized spacial score (nSPS) is 18.3. The Morgan fingerprint density at radius 1 is 1.24 bits per heavy atom. The Morgan fingerprint density at radius 2 is 1.95 bits per heavy atom. The molecule has 2 rings (SSSR count). The molecule has 0 amide bonds. The second-order valence-corrected chi connectivity index (χ2v) is 5.62. The number of rotatable bonds is 6. The molecule has 0 aliphatic carbocycles. The maximum Gasteiger partial charge on any atom is 0.0317 e. The van der Waals surface area contributed by atoms with Crippen molar-refractivity contribution in [1.82, 2.24) is 9.80 Å². The van der Waals surface area contributed by atoms with Gasteiger partial charge in [0.05, 0.1) is 0 Å². The molecule has 5 heteroatoms. The topological polar surface area (TPSA) is 32.5 Å². The van der Waals surface area contributed by atoms with Gasteiger partial charge < -0.3 is 10.6 Å². The molecule has 1 atom stereocenters. The van der Waals surface area contributed by atoms with Crippen LogP contribution in [0.5, 0.6) is 0 Å². The maximum atomic E-state index is 5.84. The van der Waals surface area contributed by atoms with Crippen LogP contribution < -0.4 is 5.73 Å². The predicted octanol–water partition coefficient (Wildman–Crippen LogP) is 3.28. The molecule has 1 aliphatic rings. The standard InChI is InChI=1S/C16H27N3.2ClH/c1-3-18(4-2)12-15-8-9-19(13-15)11-14-6-5-7-16(17)10-14;;/h5-7,10,15H,3-4,8-9,11-13,17H2,1-2H3;2*1H. The van der Waals surface area contributed by atoms with Gasteiger partial charge in [-0.25, -0.2) is 0 Å². The SMILES string of the molecule is CCN(CC)CC1CCN(Cc2cccc(N)c2)C1.Cl.Cl. The second-order valence-electron chi connectivity index (χ2n) is 5.62. The van der Waals surface area contributed by atoms with Gasteiger partial charge in [0.2, 0.25) is 0 Å². The largest absolute Gasteiger partial charge is 0.399 e. The molecule has 1 unspecified atom stereocenters. The first-order valence-electron chi connectivity index (χ1n) is 7.50. The van der Waals surface area contributed by atoms with Gasteiger partial charge in [0.25, 0.3) is 0 Å². The van der Waals surface area contributed by atoms with E-state index in [1.165, 1.54) is 44.7 Å². The fraction of sp³-hybridized carbons (Fsp3) is 0.625. The summed E-state index contributed by atoms with van der Waals surface area (Å²) in [6, 6.07) is 8.27. The van der Waals surface area contributed by atoms with Crippen molar-refractivity contribution in [3.8, 4) is 0 Å². The number of nitrogen functional groups attached to an aromatic ring is 1. The molecule has 3 nitrogen and oxygen atoms in total. The summed E-state index contributed by atoms with van der Waals surface area (Å²) < 4.78 is 0. The number of halogens is 2. The van der Waals surface area contributed by atoms with E-state index in [9.17, 15) is 0 Å². The van der Waals surface area contributed by atoms with Crippen LogP contribution in [0.3, 0.4) is 0 Å². The van der Waals surface area contributed by atoms with Crippen LogP contribution in [0.25, 0.3) is 0 Å². The van der Waals surface area contributed by atoms with Gasteiger partial charge in [-0.3, -0.25) is 4.90 Å². The van der Waals surface area contributed by atoms with Crippen molar-refractivity contribution in [1.29, 1.82) is 0 Å². The Balaban J connectivity index is 0.00000200. The fourth-order valence-corrected chi connectivity index (χ4v) is 3.00. The molecule has 1 saturated heterocycles. The van der Waals surface area contributed by atoms with Crippen molar-refractivity contribution in [3.63, 3.8) is 0 Å². The van der Waals surface area contributed by atoms with E-state index >= 15 is 0 Å². The van der Waals surface area contributed by atoms with Crippen LogP contribution in [0.15, 0.2) is 24.3 Å². The number of hydrogen-bond acceptors (Lipinski definition) is 3. The van der Waals surface area contributed by atoms with Gasteiger partial charge >= 0.3 is 0 Å². The summed E-state index contributed by atoms with van der Waals surface area (Å²) in [5.41, 5.74) is 8.05. The first-order valence-corrected chi connectivity index (χ1v) is 7.50. The highest BCUT2D eigenvalue weighted by Crippen LogP contribution is 2.20. The smallest absolute Gasteiger partial charge is 0.0317 e. The molecule has 1 aliphatic heterocycles. The Bertz CT molecular complexity index is 397. The van der Waals surface area contributed by atoms with E-state index in [2.05, 4.69) is 35.8 Å². The van der Waals surface area contributed by atoms with Gasteiger partial charge in [-0.1, -0.05) is 26.0 Å². The minimum atomic E-state index is 0. The number of benzene rings is 1. The van der Waals surface area contributed by atoms with E-state index in [1.54, 1.807) is 0 Å². The highest BCUT2D eigenvalue weighted by Gasteiger charge is 2.23. The Labute approximate surface area is 141 Å². The number of hydrogen-bond donors (Lipinski definition) is 1. The Kier molecular flexibility index (Phi) is 10.0. The summed E-state index contributed by atoms with van der Waals surface area (Å²) in [7, 11) is 0. The molecule has 1 aromatic carbocycles. The summed E-state index contributed by atoms with van der Waals surface area (Å²) in [5.74, 6) is 0.834. The number of likely N-dealkylation sites (tertiary alicyclic amines) is 1. The fourth-order valence-electron chi connectivity index (χ4n) is 3.00. The van der Waals surface area contributed by atoms with E-state index in [1.807, 2.05) is 12.1 Å². The molecule has 0 saturated carbocycles. The second kappa shape index (κ2) is 10.3. The minimum Gasteiger partial charge on any atom is -0.399 e. The average molecular weight is 334 g/mol. The highest BCUT2D eigenvalue weighted by atomic mass is 35.5. The van der Waals surface area contributed by atoms with Crippen LogP contribution in [-0.2, 0) is 6.54 Å². The molecule has 2 N–H and O–H groups in total. The lowest BCUT2D eigenvalue weighted by molar-refractivity contribution is 0.242. The minimum absolute atomic E-state index is 0. The quantitative estimate of drug-likeness (QED) is 0.811. The third-order valence-corrected chi connectivity index (χ3v) is 4.14. The van der Waals surface area contributed by atoms with E-state index in [4.69, 9.17) is 5.73 Å². The Morgan fingerprint density at radius 3 is 2.57 bits per heavy atom. The van der Waals surface area contributed by atoms with Crippen molar-refractivity contribution in [2.45, 2.75) is 26.8 Å². The lowest BCUT2D eigenvalue weighted by Crippen LogP contribution is -2.30. The molecule has 1 fully saturated rings. The molecule has 0 spiro atoms. The lowest BCUT2D eigenvalue weighted by atomic mass is 10.1. The number of nitrogens with two attached hydrogens (primary N) is 1. The summed E-state index contributed by atoms with van der Waals surface area (Å²) in [6.07, 6.45) is 1.33. The van der Waals surface area contributed by atoms with Crippen molar-refractivity contribution in [3.05, 3.63) is 29.8 Å². The molecular formula is C16H29Cl2N3. The van der Waals surface area contributed by atoms with Gasteiger partial charge in [-0.2, -0.15) is 0 Å². The zero-order chi connectivity index (χ0) is 13.7. The van der Waals surface area contributed by atoms with E-state index in [-0.39, 0.29) is 24.8 Å². The first-order chi connectivity index (χ1) is 9.21. The van der Waals surface area contributed by atoms with E-state index in [0.29, 0.717) is 0 Å². The molecular weight excluding hydrogens is 305 g/mol. The number of nitrogens with zero attached hydrogens (tertiary/aromatic N) is 2. The van der Waals surface area contributed by atoms with Crippen LogP contribution in [0.4, 0.5) is 5.69 Å². The van der Waals surface area contributed by atoms with Crippen molar-refractivity contribution in [2.24, 2.45) is 5.92 Å². The molecule has 0 bridgehead atoms. The summed E-state index contributed by atoms with van der Waals surface area (Å²) >= 11 is 0. The highest BCUT2D eigenvalue weighted by molar-refractivity contribution is 5.85. The summed E-state index contributed by atoms with van der Waals surface area (Å²) in [5, 5.41) is 0. The van der Waals surface area contributed by atoms with Gasteiger partial charge in [0.1, 0.15) is 0 Å². The van der Waals surface area contributed by atoms with Gasteiger partial charge in [0, 0.05) is 25.3 Å². The molecule has 1 aromatic rings. The molecule has 122 valence electrons. The Hall–Kier alpha value is -0.480. The maximum absolute atomic E-state index is 5.84. The van der Waals surface area contributed by atoms with Gasteiger partial charge in [-0.05, 0) is 49.7 Å². The van der Waals surface area contributed by atoms with Crippen molar-refractivity contribution >= 4 is 30.5 Å². The van der Waals surface area contributed by atoms with Crippen molar-refractivity contribution in [2.75, 3.05) is 38.5 Å². The van der Waals surface area contributed by atoms with Crippen molar-refractivity contribution < 1.29 is 0 Å². The summed E-state index contributed by atoms with van der Waals surface area (Å²) in [6.45, 7) is 11.6. The van der Waals surface area contributed by atoms with Crippen LogP contribution >= 0.6 is 24.8 Å². The molecule has 1 heterocycles. The third kappa shape index (κ3) is 6.43. The molecule has 21 heavy (non-hydrogen) atoms. The van der Waals surface area contributed by atoms with Crippen LogP contribution in [0.1, 0.15) is 25.8 Å². The zero-order valence-corrected chi connectivity index (χ0v) is 14.8. The van der Waals surface area contributed by atoms with E-state index in [0.717, 1.165) is 18.2 Å². The zero-order valence-electron chi connectivity index (χ0n) is 13.1. The molecule has 0 radical (unpaired) electrons. The number of anilines is 1. The first kappa shape index (κ1) is 20.5. The predicted molar refractivity (Wildman–Crippen MR) is 96.5 cm³/mol. The van der Waals surface area contributed by atoms with Crippen LogP contribution in [-0.4, -0.2) is 42.5 Å². The monoisotopic (exact) mass is 333 g/mol. The molecule has 0 aromatic heterocycles. The van der Waals surface area contributed by atoms with Gasteiger partial charge in [-0.15, -0.1) is 24.8 Å². The summed E-state index contributed by atoms with van der Waals surface area (Å²) in [4.78, 5) is 5.09. The van der Waals surface area contributed by atoms with Crippen LogP contribution in [0, 0.1) is 5.92 Å². The average Bonchev–Trinajstić information content (AvgIpc) is 2.83. The lowest BCUT2D eigenvalue weighted by Gasteiger charge is -2.22. The van der Waals surface area contributed by atoms with Crippen LogP contribution in [0.2, 0.25) is 0 Å². The third-order valence-electron chi connectivity index (χ3n) is 4.14.